The van der Waals surface area contributed by atoms with Crippen LogP contribution in [-0.2, 0) is 0 Å². The quantitative estimate of drug-likeness (QED) is 0.593. The van der Waals surface area contributed by atoms with Gasteiger partial charge in [0.2, 0.25) is 5.70 Å². The van der Waals surface area contributed by atoms with Crippen LogP contribution in [0.2, 0.25) is 4.34 Å². The average molecular weight is 246 g/mol. The van der Waals surface area contributed by atoms with Gasteiger partial charge in [-0.3, -0.25) is 10.1 Å². The highest BCUT2D eigenvalue weighted by molar-refractivity contribution is 7.17. The molecule has 0 fully saturated rings. The minimum Gasteiger partial charge on any atom is -0.259 e. The molecule has 1 heterocycles. The normalized spacial score (nSPS) is 12.1. The zero-order valence-electron chi connectivity index (χ0n) is 8.57. The molecule has 0 N–H and O–H groups in total. The summed E-state index contributed by atoms with van der Waals surface area (Å²) in [4.78, 5) is 11.3. The molecule has 0 aliphatic carbocycles. The summed E-state index contributed by atoms with van der Waals surface area (Å²) in [6.07, 6.45) is 2.07. The third-order valence-electron chi connectivity index (χ3n) is 1.75. The summed E-state index contributed by atoms with van der Waals surface area (Å²) in [7, 11) is 0. The Morgan fingerprint density at radius 1 is 1.67 bits per heavy atom. The molecule has 0 saturated heterocycles. The Labute approximate surface area is 97.5 Å². The van der Waals surface area contributed by atoms with Gasteiger partial charge in [0, 0.05) is 17.4 Å². The molecule has 0 atom stereocenters. The number of thiophene rings is 1. The third-order valence-corrected chi connectivity index (χ3v) is 2.93. The lowest BCUT2D eigenvalue weighted by atomic mass is 10.1. The zero-order valence-corrected chi connectivity index (χ0v) is 10.1. The van der Waals surface area contributed by atoms with E-state index in [1.54, 1.807) is 18.2 Å². The maximum absolute atomic E-state index is 10.8. The monoisotopic (exact) mass is 245 g/mol. The second kappa shape index (κ2) is 5.28. The van der Waals surface area contributed by atoms with Crippen molar-refractivity contribution in [3.8, 4) is 0 Å². The zero-order chi connectivity index (χ0) is 11.4. The third kappa shape index (κ3) is 4.01. The predicted molar refractivity (Wildman–Crippen MR) is 63.8 cm³/mol. The highest BCUT2D eigenvalue weighted by Gasteiger charge is 2.13. The number of nitrogens with zero attached hydrogens (tertiary/aromatic N) is 1. The lowest BCUT2D eigenvalue weighted by Crippen LogP contribution is -2.01. The fourth-order valence-corrected chi connectivity index (χ4v) is 2.20. The van der Waals surface area contributed by atoms with Gasteiger partial charge in [-0.15, -0.1) is 11.3 Å². The topological polar surface area (TPSA) is 43.1 Å². The van der Waals surface area contributed by atoms with Crippen LogP contribution >= 0.6 is 22.9 Å². The Bertz CT molecular complexity index is 385. The minimum atomic E-state index is -0.326. The lowest BCUT2D eigenvalue weighted by molar-refractivity contribution is -0.427. The number of nitro groups is 1. The standard InChI is InChI=1S/C10H12ClNO2S/c1-7(2)5-8(12(13)14)6-9-3-4-10(11)15-9/h3-4,6-7H,5H2,1-2H3. The fourth-order valence-electron chi connectivity index (χ4n) is 1.17. The first-order valence-corrected chi connectivity index (χ1v) is 5.78. The molecule has 82 valence electrons. The molecule has 0 saturated carbocycles. The van der Waals surface area contributed by atoms with E-state index in [0.717, 1.165) is 4.88 Å². The highest BCUT2D eigenvalue weighted by Crippen LogP contribution is 2.25. The van der Waals surface area contributed by atoms with Crippen LogP contribution in [0.25, 0.3) is 6.08 Å². The maximum atomic E-state index is 10.8. The first-order chi connectivity index (χ1) is 6.99. The summed E-state index contributed by atoms with van der Waals surface area (Å²) >= 11 is 7.09. The van der Waals surface area contributed by atoms with E-state index in [2.05, 4.69) is 0 Å². The Hall–Kier alpha value is -0.870. The second-order valence-corrected chi connectivity index (χ2v) is 5.38. The van der Waals surface area contributed by atoms with Gasteiger partial charge in [0.05, 0.1) is 9.26 Å². The van der Waals surface area contributed by atoms with Crippen molar-refractivity contribution in [1.82, 2.24) is 0 Å². The Kier molecular flexibility index (Phi) is 4.29. The van der Waals surface area contributed by atoms with Crippen LogP contribution in [-0.4, -0.2) is 4.92 Å². The van der Waals surface area contributed by atoms with Gasteiger partial charge in [0.25, 0.3) is 0 Å². The van der Waals surface area contributed by atoms with E-state index in [0.29, 0.717) is 10.8 Å². The molecule has 5 heteroatoms. The summed E-state index contributed by atoms with van der Waals surface area (Å²) in [5.41, 5.74) is 0.239. The van der Waals surface area contributed by atoms with Crippen molar-refractivity contribution in [2.45, 2.75) is 20.3 Å². The van der Waals surface area contributed by atoms with Crippen molar-refractivity contribution in [2.75, 3.05) is 0 Å². The molecule has 1 aromatic heterocycles. The molecule has 0 aliphatic rings. The number of hydrogen-bond donors (Lipinski definition) is 0. The van der Waals surface area contributed by atoms with Crippen LogP contribution < -0.4 is 0 Å². The van der Waals surface area contributed by atoms with Crippen LogP contribution in [0.5, 0.6) is 0 Å². The largest absolute Gasteiger partial charge is 0.259 e. The van der Waals surface area contributed by atoms with Crippen LogP contribution in [0.4, 0.5) is 0 Å². The highest BCUT2D eigenvalue weighted by atomic mass is 35.5. The summed E-state index contributed by atoms with van der Waals surface area (Å²) in [6, 6.07) is 3.53. The van der Waals surface area contributed by atoms with Crippen molar-refractivity contribution in [3.05, 3.63) is 37.2 Å². The first kappa shape index (κ1) is 12.2. The molecule has 0 aromatic carbocycles. The Morgan fingerprint density at radius 3 is 2.73 bits per heavy atom. The van der Waals surface area contributed by atoms with Gasteiger partial charge < -0.3 is 0 Å². The van der Waals surface area contributed by atoms with E-state index >= 15 is 0 Å². The molecule has 15 heavy (non-hydrogen) atoms. The van der Waals surface area contributed by atoms with Gasteiger partial charge in [-0.1, -0.05) is 25.4 Å². The number of allylic oxidation sites excluding steroid dienone is 1. The molecule has 1 aromatic rings. The summed E-state index contributed by atoms with van der Waals surface area (Å²) in [5, 5.41) is 10.8. The fraction of sp³-hybridized carbons (Fsp3) is 0.400. The van der Waals surface area contributed by atoms with Crippen molar-refractivity contribution in [2.24, 2.45) is 5.92 Å². The van der Waals surface area contributed by atoms with Crippen molar-refractivity contribution < 1.29 is 4.92 Å². The van der Waals surface area contributed by atoms with Crippen LogP contribution in [0.1, 0.15) is 25.1 Å². The van der Waals surface area contributed by atoms with Gasteiger partial charge in [0.1, 0.15) is 0 Å². The van der Waals surface area contributed by atoms with E-state index in [-0.39, 0.29) is 16.5 Å². The van der Waals surface area contributed by atoms with Crippen LogP contribution in [0.15, 0.2) is 17.8 Å². The minimum absolute atomic E-state index is 0.239. The van der Waals surface area contributed by atoms with Crippen molar-refractivity contribution in [3.63, 3.8) is 0 Å². The second-order valence-electron chi connectivity index (χ2n) is 3.63. The van der Waals surface area contributed by atoms with Crippen molar-refractivity contribution in [1.29, 1.82) is 0 Å². The Balaban J connectivity index is 2.88. The molecular formula is C10H12ClNO2S. The molecule has 0 unspecified atom stereocenters. The average Bonchev–Trinajstić information content (AvgIpc) is 2.49. The molecule has 0 amide bonds. The van der Waals surface area contributed by atoms with E-state index in [9.17, 15) is 10.1 Å². The van der Waals surface area contributed by atoms with Gasteiger partial charge in [-0.2, -0.15) is 0 Å². The lowest BCUT2D eigenvalue weighted by Gasteiger charge is -2.01. The van der Waals surface area contributed by atoms with Gasteiger partial charge in [-0.25, -0.2) is 0 Å². The Morgan fingerprint density at radius 2 is 2.33 bits per heavy atom. The van der Waals surface area contributed by atoms with Crippen molar-refractivity contribution >= 4 is 29.0 Å². The van der Waals surface area contributed by atoms with E-state index in [4.69, 9.17) is 11.6 Å². The molecular weight excluding hydrogens is 234 g/mol. The molecule has 0 bridgehead atoms. The van der Waals surface area contributed by atoms with E-state index in [1.807, 2.05) is 13.8 Å². The summed E-state index contributed by atoms with van der Waals surface area (Å²) in [6.45, 7) is 3.91. The number of rotatable bonds is 4. The molecule has 0 aliphatic heterocycles. The van der Waals surface area contributed by atoms with Gasteiger partial charge in [-0.05, 0) is 18.1 Å². The smallest absolute Gasteiger partial charge is 0.247 e. The predicted octanol–water partition coefficient (Wildman–Crippen LogP) is 4.07. The first-order valence-electron chi connectivity index (χ1n) is 4.59. The molecule has 3 nitrogen and oxygen atoms in total. The SMILES string of the molecule is CC(C)CC(=Cc1ccc(Cl)s1)[N+](=O)[O-]. The van der Waals surface area contributed by atoms with Gasteiger partial charge in [0.15, 0.2) is 0 Å². The molecule has 0 spiro atoms. The van der Waals surface area contributed by atoms with Gasteiger partial charge >= 0.3 is 0 Å². The van der Waals surface area contributed by atoms with E-state index < -0.39 is 0 Å². The number of halogens is 1. The summed E-state index contributed by atoms with van der Waals surface area (Å²) in [5.74, 6) is 0.275. The summed E-state index contributed by atoms with van der Waals surface area (Å²) < 4.78 is 0.647. The van der Waals surface area contributed by atoms with E-state index in [1.165, 1.54) is 11.3 Å². The number of hydrogen-bond acceptors (Lipinski definition) is 3. The molecule has 1 rings (SSSR count). The van der Waals surface area contributed by atoms with Crippen LogP contribution in [0.3, 0.4) is 0 Å². The maximum Gasteiger partial charge on any atom is 0.247 e. The van der Waals surface area contributed by atoms with Crippen LogP contribution in [0, 0.1) is 16.0 Å². The molecule has 0 radical (unpaired) electrons.